The summed E-state index contributed by atoms with van der Waals surface area (Å²) in [5.74, 6) is -0.0626. The maximum atomic E-state index is 12.0. The number of aliphatic hydroxyl groups excluding tert-OH is 1. The Morgan fingerprint density at radius 1 is 1.48 bits per heavy atom. The summed E-state index contributed by atoms with van der Waals surface area (Å²) in [5, 5.41) is 13.1. The van der Waals surface area contributed by atoms with Crippen molar-refractivity contribution in [3.05, 3.63) is 35.9 Å². The van der Waals surface area contributed by atoms with Crippen LogP contribution in [0.4, 0.5) is 0 Å². The number of aliphatic hydroxyl groups is 1. The molecule has 1 fully saturated rings. The Morgan fingerprint density at radius 2 is 2.19 bits per heavy atom. The number of carbonyl (C=O) groups excluding carboxylic acids is 1. The molecule has 3 atom stereocenters. The first-order chi connectivity index (χ1) is 10.0. The van der Waals surface area contributed by atoms with Gasteiger partial charge in [0.15, 0.2) is 0 Å². The van der Waals surface area contributed by atoms with Gasteiger partial charge >= 0.3 is 0 Å². The van der Waals surface area contributed by atoms with Gasteiger partial charge in [0.1, 0.15) is 6.10 Å². The van der Waals surface area contributed by atoms with Crippen LogP contribution >= 0.6 is 0 Å². The van der Waals surface area contributed by atoms with Crippen molar-refractivity contribution >= 4 is 5.91 Å². The maximum Gasteiger partial charge on any atom is 0.249 e. The molecule has 116 valence electrons. The minimum Gasteiger partial charge on any atom is -0.393 e. The van der Waals surface area contributed by atoms with Crippen LogP contribution in [0.5, 0.6) is 0 Å². The summed E-state index contributed by atoms with van der Waals surface area (Å²) in [5.41, 5.74) is 0.766. The van der Waals surface area contributed by atoms with Crippen molar-refractivity contribution in [2.45, 2.75) is 45.3 Å². The van der Waals surface area contributed by atoms with Crippen LogP contribution in [0.3, 0.4) is 0 Å². The highest BCUT2D eigenvalue weighted by molar-refractivity contribution is 5.81. The molecule has 0 aliphatic carbocycles. The van der Waals surface area contributed by atoms with E-state index < -0.39 is 11.5 Å². The van der Waals surface area contributed by atoms with E-state index in [0.29, 0.717) is 13.2 Å². The van der Waals surface area contributed by atoms with Crippen molar-refractivity contribution in [3.63, 3.8) is 0 Å². The highest BCUT2D eigenvalue weighted by Crippen LogP contribution is 2.26. The van der Waals surface area contributed by atoms with Gasteiger partial charge in [0.05, 0.1) is 6.10 Å². The lowest BCUT2D eigenvalue weighted by atomic mass is 9.79. The standard InChI is InChI=1S/C17H25NO3/c1-13(19)17(2,11-14-7-4-3-5-8-14)12-18-16(20)15-9-6-10-21-15/h3-5,7-8,13,15,19H,6,9-12H2,1-2H3,(H,18,20). The zero-order chi connectivity index (χ0) is 15.3. The fraction of sp³-hybridized carbons (Fsp3) is 0.588. The molecule has 0 spiro atoms. The lowest BCUT2D eigenvalue weighted by Gasteiger charge is -2.33. The van der Waals surface area contributed by atoms with E-state index in [1.165, 1.54) is 0 Å². The van der Waals surface area contributed by atoms with Crippen LogP contribution in [0.2, 0.25) is 0 Å². The second-order valence-electron chi connectivity index (χ2n) is 6.21. The van der Waals surface area contributed by atoms with Crippen molar-refractivity contribution in [2.24, 2.45) is 5.41 Å². The highest BCUT2D eigenvalue weighted by atomic mass is 16.5. The van der Waals surface area contributed by atoms with E-state index in [4.69, 9.17) is 4.74 Å². The van der Waals surface area contributed by atoms with E-state index >= 15 is 0 Å². The smallest absolute Gasteiger partial charge is 0.249 e. The second-order valence-corrected chi connectivity index (χ2v) is 6.21. The largest absolute Gasteiger partial charge is 0.393 e. The molecule has 21 heavy (non-hydrogen) atoms. The lowest BCUT2D eigenvalue weighted by molar-refractivity contribution is -0.130. The predicted molar refractivity (Wildman–Crippen MR) is 81.9 cm³/mol. The highest BCUT2D eigenvalue weighted by Gasteiger charge is 2.32. The van der Waals surface area contributed by atoms with Gasteiger partial charge in [0.25, 0.3) is 0 Å². The first kappa shape index (κ1) is 16.0. The zero-order valence-electron chi connectivity index (χ0n) is 12.8. The molecule has 1 saturated heterocycles. The third-order valence-corrected chi connectivity index (χ3v) is 4.35. The first-order valence-electron chi connectivity index (χ1n) is 7.62. The predicted octanol–water partition coefficient (Wildman–Crippen LogP) is 1.91. The van der Waals surface area contributed by atoms with Crippen LogP contribution in [0.15, 0.2) is 30.3 Å². The topological polar surface area (TPSA) is 58.6 Å². The Morgan fingerprint density at radius 3 is 2.76 bits per heavy atom. The fourth-order valence-electron chi connectivity index (χ4n) is 2.61. The molecule has 4 nitrogen and oxygen atoms in total. The average molecular weight is 291 g/mol. The van der Waals surface area contributed by atoms with Gasteiger partial charge in [0.2, 0.25) is 5.91 Å². The molecule has 2 rings (SSSR count). The Bertz CT molecular complexity index is 454. The molecule has 1 aliphatic heterocycles. The molecular formula is C17H25NO3. The SMILES string of the molecule is CC(O)C(C)(CNC(=O)C1CCCO1)Cc1ccccc1. The van der Waals surface area contributed by atoms with Gasteiger partial charge in [-0.3, -0.25) is 4.79 Å². The van der Waals surface area contributed by atoms with Gasteiger partial charge < -0.3 is 15.2 Å². The van der Waals surface area contributed by atoms with E-state index in [-0.39, 0.29) is 12.0 Å². The number of nitrogens with one attached hydrogen (secondary N) is 1. The molecule has 0 bridgehead atoms. The van der Waals surface area contributed by atoms with Crippen LogP contribution in [-0.4, -0.2) is 36.4 Å². The molecule has 3 unspecified atom stereocenters. The molecule has 0 radical (unpaired) electrons. The summed E-state index contributed by atoms with van der Waals surface area (Å²) in [6, 6.07) is 10.0. The van der Waals surface area contributed by atoms with E-state index in [0.717, 1.165) is 24.8 Å². The Kier molecular flexibility index (Phi) is 5.37. The van der Waals surface area contributed by atoms with E-state index in [1.54, 1.807) is 6.92 Å². The third-order valence-electron chi connectivity index (χ3n) is 4.35. The van der Waals surface area contributed by atoms with Gasteiger partial charge in [-0.2, -0.15) is 0 Å². The van der Waals surface area contributed by atoms with E-state index in [9.17, 15) is 9.90 Å². The van der Waals surface area contributed by atoms with E-state index in [1.807, 2.05) is 37.3 Å². The summed E-state index contributed by atoms with van der Waals surface area (Å²) < 4.78 is 5.38. The minimum atomic E-state index is -0.512. The number of hydrogen-bond acceptors (Lipinski definition) is 3. The summed E-state index contributed by atoms with van der Waals surface area (Å²) in [4.78, 5) is 12.0. The fourth-order valence-corrected chi connectivity index (χ4v) is 2.61. The van der Waals surface area contributed by atoms with E-state index in [2.05, 4.69) is 5.32 Å². The first-order valence-corrected chi connectivity index (χ1v) is 7.62. The van der Waals surface area contributed by atoms with Crippen molar-refractivity contribution in [3.8, 4) is 0 Å². The lowest BCUT2D eigenvalue weighted by Crippen LogP contribution is -2.46. The number of hydrogen-bond donors (Lipinski definition) is 2. The minimum absolute atomic E-state index is 0.0626. The van der Waals surface area contributed by atoms with Crippen molar-refractivity contribution < 1.29 is 14.6 Å². The van der Waals surface area contributed by atoms with Crippen LogP contribution in [-0.2, 0) is 16.0 Å². The van der Waals surface area contributed by atoms with Gasteiger partial charge in [-0.25, -0.2) is 0 Å². The average Bonchev–Trinajstić information content (AvgIpc) is 3.00. The number of rotatable bonds is 6. The number of amides is 1. The third kappa shape index (κ3) is 4.29. The number of carbonyl (C=O) groups is 1. The number of ether oxygens (including phenoxy) is 1. The molecule has 0 aromatic heterocycles. The summed E-state index contributed by atoms with van der Waals surface area (Å²) in [6.07, 6.45) is 1.62. The quantitative estimate of drug-likeness (QED) is 0.842. The van der Waals surface area contributed by atoms with Gasteiger partial charge in [-0.1, -0.05) is 37.3 Å². The maximum absolute atomic E-state index is 12.0. The molecule has 1 aromatic rings. The monoisotopic (exact) mass is 291 g/mol. The molecule has 0 saturated carbocycles. The van der Waals surface area contributed by atoms with Crippen molar-refractivity contribution in [1.82, 2.24) is 5.32 Å². The van der Waals surface area contributed by atoms with Crippen LogP contribution in [0.1, 0.15) is 32.3 Å². The van der Waals surface area contributed by atoms with Gasteiger partial charge in [-0.15, -0.1) is 0 Å². The number of benzene rings is 1. The van der Waals surface area contributed by atoms with Gasteiger partial charge in [0, 0.05) is 18.6 Å². The summed E-state index contributed by atoms with van der Waals surface area (Å²) >= 11 is 0. The van der Waals surface area contributed by atoms with Crippen LogP contribution in [0, 0.1) is 5.41 Å². The molecule has 1 aliphatic rings. The molecule has 1 aromatic carbocycles. The second kappa shape index (κ2) is 7.05. The van der Waals surface area contributed by atoms with Gasteiger partial charge in [-0.05, 0) is 31.7 Å². The van der Waals surface area contributed by atoms with Crippen molar-refractivity contribution in [2.75, 3.05) is 13.2 Å². The summed E-state index contributed by atoms with van der Waals surface area (Å²) in [6.45, 7) is 4.88. The Labute approximate surface area is 126 Å². The van der Waals surface area contributed by atoms with Crippen molar-refractivity contribution in [1.29, 1.82) is 0 Å². The molecule has 2 N–H and O–H groups in total. The molecular weight excluding hydrogens is 266 g/mol. The van der Waals surface area contributed by atoms with Crippen LogP contribution < -0.4 is 5.32 Å². The molecule has 1 amide bonds. The molecule has 1 heterocycles. The molecule has 4 heteroatoms. The zero-order valence-corrected chi connectivity index (χ0v) is 12.8. The Hall–Kier alpha value is -1.39. The normalized spacial score (nSPS) is 22.5. The van der Waals surface area contributed by atoms with Crippen LogP contribution in [0.25, 0.3) is 0 Å². The Balaban J connectivity index is 1.95. The summed E-state index contributed by atoms with van der Waals surface area (Å²) in [7, 11) is 0.